The smallest absolute Gasteiger partial charge is 0.337 e. The van der Waals surface area contributed by atoms with E-state index in [0.29, 0.717) is 10.8 Å². The van der Waals surface area contributed by atoms with E-state index in [4.69, 9.17) is 0 Å². The van der Waals surface area contributed by atoms with E-state index in [9.17, 15) is 20.1 Å². The van der Waals surface area contributed by atoms with Crippen LogP contribution < -0.4 is 0 Å². The third-order valence-electron chi connectivity index (χ3n) is 3.19. The zero-order valence-electron chi connectivity index (χ0n) is 9.79. The van der Waals surface area contributed by atoms with Crippen molar-refractivity contribution in [3.63, 3.8) is 0 Å². The Morgan fingerprint density at radius 2 is 1.68 bits per heavy atom. The van der Waals surface area contributed by atoms with E-state index in [1.807, 2.05) is 12.1 Å². The van der Waals surface area contributed by atoms with Gasteiger partial charge in [0, 0.05) is 5.39 Å². The van der Waals surface area contributed by atoms with Crippen molar-refractivity contribution in [3.05, 3.63) is 48.0 Å². The minimum Gasteiger partial charge on any atom is -0.504 e. The van der Waals surface area contributed by atoms with Gasteiger partial charge in [-0.3, -0.25) is 0 Å². The molecule has 3 aromatic carbocycles. The topological polar surface area (TPSA) is 77.8 Å². The van der Waals surface area contributed by atoms with Gasteiger partial charge in [-0.1, -0.05) is 30.3 Å². The third kappa shape index (κ3) is 1.57. The number of fused-ring (bicyclic) bond motifs is 2. The molecule has 4 nitrogen and oxygen atoms in total. The summed E-state index contributed by atoms with van der Waals surface area (Å²) in [6, 6.07) is 11.8. The first kappa shape index (κ1) is 11.3. The zero-order chi connectivity index (χ0) is 13.6. The monoisotopic (exact) mass is 254 g/mol. The molecule has 19 heavy (non-hydrogen) atoms. The molecule has 0 spiro atoms. The van der Waals surface area contributed by atoms with E-state index in [2.05, 4.69) is 0 Å². The Bertz CT molecular complexity index is 821. The average molecular weight is 254 g/mol. The van der Waals surface area contributed by atoms with Crippen LogP contribution in [0.3, 0.4) is 0 Å². The molecule has 0 aromatic heterocycles. The van der Waals surface area contributed by atoms with Crippen LogP contribution >= 0.6 is 0 Å². The second-order valence-electron chi connectivity index (χ2n) is 4.31. The van der Waals surface area contributed by atoms with Crippen molar-refractivity contribution < 1.29 is 20.1 Å². The Labute approximate surface area is 108 Å². The van der Waals surface area contributed by atoms with Gasteiger partial charge in [-0.2, -0.15) is 0 Å². The molecule has 0 aliphatic heterocycles. The summed E-state index contributed by atoms with van der Waals surface area (Å²) in [5.41, 5.74) is 0.00139. The number of carboxylic acids is 1. The van der Waals surface area contributed by atoms with Crippen LogP contribution in [0.5, 0.6) is 11.5 Å². The summed E-state index contributed by atoms with van der Waals surface area (Å²) in [4.78, 5) is 11.5. The minimum absolute atomic E-state index is 0.00139. The molecule has 0 fully saturated rings. The number of aromatic carboxylic acids is 1. The van der Waals surface area contributed by atoms with E-state index in [1.54, 1.807) is 24.3 Å². The SMILES string of the molecule is O=C(O)c1c2ccccc2cc2ccc(O)c(O)c12. The predicted molar refractivity (Wildman–Crippen MR) is 71.7 cm³/mol. The van der Waals surface area contributed by atoms with E-state index in [-0.39, 0.29) is 16.7 Å². The van der Waals surface area contributed by atoms with Crippen molar-refractivity contribution >= 4 is 27.5 Å². The highest BCUT2D eigenvalue weighted by Crippen LogP contribution is 2.39. The molecule has 0 heterocycles. The van der Waals surface area contributed by atoms with Gasteiger partial charge in [-0.05, 0) is 28.3 Å². The summed E-state index contributed by atoms with van der Waals surface area (Å²) >= 11 is 0. The van der Waals surface area contributed by atoms with Crippen LogP contribution in [0.25, 0.3) is 21.5 Å². The fourth-order valence-electron chi connectivity index (χ4n) is 2.35. The Balaban J connectivity index is 2.65. The number of rotatable bonds is 1. The molecule has 0 amide bonds. The van der Waals surface area contributed by atoms with Crippen LogP contribution in [-0.2, 0) is 0 Å². The van der Waals surface area contributed by atoms with Crippen molar-refractivity contribution in [3.8, 4) is 11.5 Å². The second kappa shape index (κ2) is 3.88. The molecule has 0 aliphatic rings. The van der Waals surface area contributed by atoms with Gasteiger partial charge < -0.3 is 15.3 Å². The molecule has 0 bridgehead atoms. The largest absolute Gasteiger partial charge is 0.504 e. The second-order valence-corrected chi connectivity index (χ2v) is 4.31. The van der Waals surface area contributed by atoms with E-state index in [1.165, 1.54) is 6.07 Å². The van der Waals surface area contributed by atoms with Gasteiger partial charge in [0.15, 0.2) is 11.5 Å². The molecule has 3 rings (SSSR count). The normalized spacial score (nSPS) is 10.9. The Kier molecular flexibility index (Phi) is 2.32. The molecular weight excluding hydrogens is 244 g/mol. The number of hydrogen-bond donors (Lipinski definition) is 3. The van der Waals surface area contributed by atoms with Crippen LogP contribution in [0.1, 0.15) is 10.4 Å². The number of phenolic OH excluding ortho intramolecular Hbond substituents is 2. The van der Waals surface area contributed by atoms with Gasteiger partial charge in [0.2, 0.25) is 0 Å². The fraction of sp³-hybridized carbons (Fsp3) is 0. The highest BCUT2D eigenvalue weighted by Gasteiger charge is 2.18. The maximum absolute atomic E-state index is 11.5. The molecule has 0 radical (unpaired) electrons. The predicted octanol–water partition coefficient (Wildman–Crippen LogP) is 3.10. The number of carbonyl (C=O) groups is 1. The maximum atomic E-state index is 11.5. The quantitative estimate of drug-likeness (QED) is 0.460. The fourth-order valence-corrected chi connectivity index (χ4v) is 2.35. The zero-order valence-corrected chi connectivity index (χ0v) is 9.79. The number of hydrogen-bond acceptors (Lipinski definition) is 3. The molecule has 0 saturated carbocycles. The van der Waals surface area contributed by atoms with Gasteiger partial charge in [0.25, 0.3) is 0 Å². The van der Waals surface area contributed by atoms with Crippen molar-refractivity contribution in [2.75, 3.05) is 0 Å². The van der Waals surface area contributed by atoms with Crippen LogP contribution in [-0.4, -0.2) is 21.3 Å². The summed E-state index contributed by atoms with van der Waals surface area (Å²) in [5.74, 6) is -1.87. The van der Waals surface area contributed by atoms with Gasteiger partial charge in [0.05, 0.1) is 5.56 Å². The van der Waals surface area contributed by atoms with Crippen molar-refractivity contribution in [1.82, 2.24) is 0 Å². The van der Waals surface area contributed by atoms with E-state index >= 15 is 0 Å². The number of carboxylic acid groups (broad SMARTS) is 1. The molecule has 0 atom stereocenters. The Morgan fingerprint density at radius 3 is 2.42 bits per heavy atom. The molecule has 94 valence electrons. The summed E-state index contributed by atoms with van der Waals surface area (Å²) < 4.78 is 0. The number of benzene rings is 3. The number of phenols is 2. The van der Waals surface area contributed by atoms with Gasteiger partial charge in [0.1, 0.15) is 0 Å². The van der Waals surface area contributed by atoms with E-state index < -0.39 is 11.7 Å². The standard InChI is InChI=1S/C15H10O4/c16-11-6-5-9-7-8-3-1-2-4-10(8)13(15(18)19)12(9)14(11)17/h1-7,16-17H,(H,18,19). The lowest BCUT2D eigenvalue weighted by molar-refractivity contribution is 0.0701. The third-order valence-corrected chi connectivity index (χ3v) is 3.19. The first-order valence-corrected chi connectivity index (χ1v) is 5.69. The highest BCUT2D eigenvalue weighted by atomic mass is 16.4. The average Bonchev–Trinajstić information content (AvgIpc) is 2.40. The lowest BCUT2D eigenvalue weighted by Crippen LogP contribution is -1.99. The van der Waals surface area contributed by atoms with Crippen LogP contribution in [0.15, 0.2) is 42.5 Å². The van der Waals surface area contributed by atoms with Crippen molar-refractivity contribution in [2.45, 2.75) is 0 Å². The molecule has 0 unspecified atom stereocenters. The summed E-state index contributed by atoms with van der Waals surface area (Å²) in [5, 5.41) is 30.9. The first-order valence-electron chi connectivity index (χ1n) is 5.69. The minimum atomic E-state index is -1.14. The molecular formula is C15H10O4. The summed E-state index contributed by atoms with van der Waals surface area (Å²) in [6.45, 7) is 0. The molecule has 4 heteroatoms. The molecule has 0 saturated heterocycles. The maximum Gasteiger partial charge on any atom is 0.337 e. The van der Waals surface area contributed by atoms with Crippen LogP contribution in [0.4, 0.5) is 0 Å². The molecule has 0 aliphatic carbocycles. The van der Waals surface area contributed by atoms with Crippen LogP contribution in [0, 0.1) is 0 Å². The first-order chi connectivity index (χ1) is 9.09. The Hall–Kier alpha value is -2.75. The van der Waals surface area contributed by atoms with Gasteiger partial charge in [-0.15, -0.1) is 0 Å². The molecule has 3 aromatic rings. The van der Waals surface area contributed by atoms with Crippen LogP contribution in [0.2, 0.25) is 0 Å². The van der Waals surface area contributed by atoms with Gasteiger partial charge >= 0.3 is 5.97 Å². The van der Waals surface area contributed by atoms with Crippen molar-refractivity contribution in [2.24, 2.45) is 0 Å². The summed E-state index contributed by atoms with van der Waals surface area (Å²) in [7, 11) is 0. The lowest BCUT2D eigenvalue weighted by Gasteiger charge is -2.10. The number of aromatic hydroxyl groups is 2. The Morgan fingerprint density at radius 1 is 0.947 bits per heavy atom. The van der Waals surface area contributed by atoms with Gasteiger partial charge in [-0.25, -0.2) is 4.79 Å². The molecule has 3 N–H and O–H groups in total. The lowest BCUT2D eigenvalue weighted by atomic mass is 9.96. The van der Waals surface area contributed by atoms with Crippen molar-refractivity contribution in [1.29, 1.82) is 0 Å². The highest BCUT2D eigenvalue weighted by molar-refractivity contribution is 6.18. The summed E-state index contributed by atoms with van der Waals surface area (Å²) in [6.07, 6.45) is 0. The van der Waals surface area contributed by atoms with E-state index in [0.717, 1.165) is 5.39 Å².